The Bertz CT molecular complexity index is 552. The van der Waals surface area contributed by atoms with E-state index in [1.807, 2.05) is 36.6 Å². The molecule has 0 aromatic heterocycles. The van der Waals surface area contributed by atoms with Crippen LogP contribution in [0.25, 0.3) is 5.70 Å². The Morgan fingerprint density at radius 2 is 2.07 bits per heavy atom. The highest BCUT2D eigenvalue weighted by atomic mass is 15.4. The van der Waals surface area contributed by atoms with Crippen LogP contribution in [0, 0.1) is 0 Å². The topological polar surface area (TPSA) is 36.4 Å². The zero-order valence-electron chi connectivity index (χ0n) is 7.49. The summed E-state index contributed by atoms with van der Waals surface area (Å²) in [6.45, 7) is 0. The minimum atomic E-state index is 0.979. The van der Waals surface area contributed by atoms with Crippen molar-refractivity contribution in [2.45, 2.75) is 0 Å². The molecule has 1 aromatic carbocycles. The average Bonchev–Trinajstić information content (AvgIpc) is 2.42. The number of fused-ring (bicyclic) bond motifs is 2. The van der Waals surface area contributed by atoms with Crippen molar-refractivity contribution in [3.05, 3.63) is 58.9 Å². The Balaban J connectivity index is 2.37. The molecule has 14 heavy (non-hydrogen) atoms. The number of hydrazine groups is 1. The highest BCUT2D eigenvalue weighted by Crippen LogP contribution is 2.11. The zero-order valence-corrected chi connectivity index (χ0v) is 7.49. The molecule has 2 heterocycles. The van der Waals surface area contributed by atoms with Gasteiger partial charge in [0.2, 0.25) is 0 Å². The van der Waals surface area contributed by atoms with Crippen LogP contribution in [-0.2, 0) is 0 Å². The summed E-state index contributed by atoms with van der Waals surface area (Å²) in [6, 6.07) is 8.10. The smallest absolute Gasteiger partial charge is 0.0894 e. The van der Waals surface area contributed by atoms with E-state index in [2.05, 4.69) is 21.9 Å². The molecule has 68 valence electrons. The molecule has 3 nitrogen and oxygen atoms in total. The van der Waals surface area contributed by atoms with Crippen LogP contribution in [0.5, 0.6) is 0 Å². The van der Waals surface area contributed by atoms with Crippen LogP contribution in [0.2, 0.25) is 0 Å². The van der Waals surface area contributed by atoms with Gasteiger partial charge in [-0.2, -0.15) is 0 Å². The van der Waals surface area contributed by atoms with Crippen LogP contribution in [0.15, 0.2) is 53.3 Å². The molecular formula is C11H9N3. The summed E-state index contributed by atoms with van der Waals surface area (Å²) in [5.74, 6) is 0. The van der Waals surface area contributed by atoms with E-state index in [1.54, 1.807) is 0 Å². The third kappa shape index (κ3) is 0.956. The number of hydrogen-bond acceptors (Lipinski definition) is 3. The first-order valence-corrected chi connectivity index (χ1v) is 4.52. The molecule has 3 rings (SSSR count). The van der Waals surface area contributed by atoms with Gasteiger partial charge in [-0.15, -0.1) is 0 Å². The molecule has 0 spiro atoms. The third-order valence-corrected chi connectivity index (χ3v) is 2.30. The molecule has 2 N–H and O–H groups in total. The van der Waals surface area contributed by atoms with Crippen molar-refractivity contribution in [3.8, 4) is 0 Å². The molecule has 3 heteroatoms. The maximum Gasteiger partial charge on any atom is 0.0894 e. The van der Waals surface area contributed by atoms with E-state index in [0.29, 0.717) is 0 Å². The highest BCUT2D eigenvalue weighted by molar-refractivity contribution is 5.65. The van der Waals surface area contributed by atoms with Gasteiger partial charge in [0.1, 0.15) is 0 Å². The summed E-state index contributed by atoms with van der Waals surface area (Å²) in [6.07, 6.45) is 5.77. The number of para-hydroxylation sites is 1. The second kappa shape index (κ2) is 2.73. The van der Waals surface area contributed by atoms with Crippen molar-refractivity contribution < 1.29 is 0 Å². The summed E-state index contributed by atoms with van der Waals surface area (Å²) >= 11 is 0. The largest absolute Gasteiger partial charge is 0.308 e. The molecule has 0 radical (unpaired) electrons. The first kappa shape index (κ1) is 7.38. The van der Waals surface area contributed by atoms with E-state index in [0.717, 1.165) is 22.0 Å². The predicted octanol–water partition coefficient (Wildman–Crippen LogP) is -0.0666. The molecule has 2 aliphatic heterocycles. The number of nitrogens with one attached hydrogen (secondary N) is 2. The van der Waals surface area contributed by atoms with Crippen molar-refractivity contribution in [3.63, 3.8) is 0 Å². The Labute approximate surface area is 81.1 Å². The molecule has 0 bridgehead atoms. The van der Waals surface area contributed by atoms with Crippen LogP contribution >= 0.6 is 0 Å². The fourth-order valence-electron chi connectivity index (χ4n) is 1.66. The molecule has 0 atom stereocenters. The summed E-state index contributed by atoms with van der Waals surface area (Å²) in [5, 5.41) is 2.17. The Morgan fingerprint density at radius 1 is 1.14 bits per heavy atom. The standard InChI is InChI=1S/C11H9N3/c1-2-5-9-8(4-1)11-10(13-9)6-3-7-12-14-11/h1-7,12,14H. The first-order chi connectivity index (χ1) is 6.95. The second-order valence-electron chi connectivity index (χ2n) is 3.18. The van der Waals surface area contributed by atoms with Crippen LogP contribution in [-0.4, -0.2) is 0 Å². The van der Waals surface area contributed by atoms with E-state index < -0.39 is 0 Å². The second-order valence-corrected chi connectivity index (χ2v) is 3.18. The van der Waals surface area contributed by atoms with Crippen LogP contribution in [0.4, 0.5) is 0 Å². The molecular weight excluding hydrogens is 174 g/mol. The van der Waals surface area contributed by atoms with Gasteiger partial charge in [-0.1, -0.05) is 18.2 Å². The van der Waals surface area contributed by atoms with Crippen molar-refractivity contribution in [1.82, 2.24) is 10.9 Å². The van der Waals surface area contributed by atoms with E-state index in [-0.39, 0.29) is 0 Å². The van der Waals surface area contributed by atoms with Crippen molar-refractivity contribution >= 4 is 5.70 Å². The highest BCUT2D eigenvalue weighted by Gasteiger charge is 2.11. The fraction of sp³-hybridized carbons (Fsp3) is 0. The monoisotopic (exact) mass is 183 g/mol. The van der Waals surface area contributed by atoms with Gasteiger partial charge in [0, 0.05) is 11.4 Å². The van der Waals surface area contributed by atoms with Gasteiger partial charge < -0.3 is 5.43 Å². The molecule has 0 fully saturated rings. The Hall–Kier alpha value is -2.03. The predicted molar refractivity (Wildman–Crippen MR) is 54.1 cm³/mol. The summed E-state index contributed by atoms with van der Waals surface area (Å²) in [7, 11) is 0. The molecule has 0 saturated heterocycles. The average molecular weight is 183 g/mol. The maximum absolute atomic E-state index is 4.50. The van der Waals surface area contributed by atoms with Gasteiger partial charge >= 0.3 is 0 Å². The lowest BCUT2D eigenvalue weighted by atomic mass is 10.2. The summed E-state index contributed by atoms with van der Waals surface area (Å²) in [4.78, 5) is 4.50. The number of benzene rings is 1. The number of hydrogen-bond donors (Lipinski definition) is 2. The fourth-order valence-corrected chi connectivity index (χ4v) is 1.66. The summed E-state index contributed by atoms with van der Waals surface area (Å²) < 4.78 is 0. The van der Waals surface area contributed by atoms with Crippen LogP contribution in [0.3, 0.4) is 0 Å². The quantitative estimate of drug-likeness (QED) is 0.591. The Morgan fingerprint density at radius 3 is 3.07 bits per heavy atom. The van der Waals surface area contributed by atoms with E-state index >= 15 is 0 Å². The molecule has 0 aliphatic carbocycles. The van der Waals surface area contributed by atoms with Gasteiger partial charge in [0.15, 0.2) is 0 Å². The molecule has 1 aromatic rings. The molecule has 0 amide bonds. The zero-order chi connectivity index (χ0) is 9.38. The SMILES string of the molecule is C1=CNNC2=c3ccccc3=NC2=C1. The molecule has 2 aliphatic rings. The molecule has 0 saturated carbocycles. The van der Waals surface area contributed by atoms with Crippen LogP contribution < -0.4 is 21.4 Å². The van der Waals surface area contributed by atoms with Crippen LogP contribution in [0.1, 0.15) is 0 Å². The number of nitrogens with zero attached hydrogens (tertiary/aromatic N) is 1. The maximum atomic E-state index is 4.50. The van der Waals surface area contributed by atoms with E-state index in [4.69, 9.17) is 0 Å². The number of allylic oxidation sites excluding steroid dienone is 2. The van der Waals surface area contributed by atoms with Gasteiger partial charge in [0.25, 0.3) is 0 Å². The minimum absolute atomic E-state index is 0.979. The van der Waals surface area contributed by atoms with Gasteiger partial charge in [-0.25, -0.2) is 4.99 Å². The van der Waals surface area contributed by atoms with Gasteiger partial charge in [0.05, 0.1) is 16.8 Å². The molecule has 0 unspecified atom stereocenters. The lowest BCUT2D eigenvalue weighted by Crippen LogP contribution is -2.32. The number of rotatable bonds is 0. The van der Waals surface area contributed by atoms with E-state index in [9.17, 15) is 0 Å². The van der Waals surface area contributed by atoms with E-state index in [1.165, 1.54) is 0 Å². The first-order valence-electron chi connectivity index (χ1n) is 4.52. The lowest BCUT2D eigenvalue weighted by Gasteiger charge is -2.04. The summed E-state index contributed by atoms with van der Waals surface area (Å²) in [5.41, 5.74) is 8.12. The normalized spacial score (nSPS) is 16.9. The van der Waals surface area contributed by atoms with Gasteiger partial charge in [-0.3, -0.25) is 5.43 Å². The van der Waals surface area contributed by atoms with Gasteiger partial charge in [-0.05, 0) is 18.2 Å². The van der Waals surface area contributed by atoms with Crippen molar-refractivity contribution in [2.75, 3.05) is 0 Å². The third-order valence-electron chi connectivity index (χ3n) is 2.30. The Kier molecular flexibility index (Phi) is 1.44. The van der Waals surface area contributed by atoms with Crippen molar-refractivity contribution in [2.24, 2.45) is 4.99 Å². The minimum Gasteiger partial charge on any atom is -0.308 e. The lowest BCUT2D eigenvalue weighted by molar-refractivity contribution is 0.796. The van der Waals surface area contributed by atoms with Crippen molar-refractivity contribution in [1.29, 1.82) is 0 Å².